The molecule has 3 aromatic carbocycles. The Balaban J connectivity index is 1.11. The number of ether oxygens (including phenoxy) is 2. The van der Waals surface area contributed by atoms with Gasteiger partial charge in [0.2, 0.25) is 0 Å². The Labute approximate surface area is 230 Å². The molecule has 4 aromatic rings. The van der Waals surface area contributed by atoms with Crippen LogP contribution in [0.25, 0.3) is 10.2 Å². The van der Waals surface area contributed by atoms with Gasteiger partial charge in [0, 0.05) is 44.4 Å². The van der Waals surface area contributed by atoms with Gasteiger partial charge in [-0.25, -0.2) is 9.78 Å². The first kappa shape index (κ1) is 26.4. The number of hydrogen-bond acceptors (Lipinski definition) is 9. The quantitative estimate of drug-likeness (QED) is 0.230. The summed E-state index contributed by atoms with van der Waals surface area (Å²) in [5, 5.41) is 9.70. The molecule has 1 fully saturated rings. The number of fused-ring (bicyclic) bond motifs is 1. The summed E-state index contributed by atoms with van der Waals surface area (Å²) in [6.07, 6.45) is -0.477. The van der Waals surface area contributed by atoms with Gasteiger partial charge in [0.25, 0.3) is 5.91 Å². The van der Waals surface area contributed by atoms with Crippen LogP contribution in [0.3, 0.4) is 0 Å². The number of nitrogen functional groups attached to an aromatic ring is 1. The van der Waals surface area contributed by atoms with Crippen LogP contribution in [-0.2, 0) is 11.3 Å². The molecule has 1 saturated heterocycles. The Morgan fingerprint density at radius 3 is 2.64 bits per heavy atom. The zero-order valence-corrected chi connectivity index (χ0v) is 22.1. The van der Waals surface area contributed by atoms with Gasteiger partial charge >= 0.3 is 6.09 Å². The van der Waals surface area contributed by atoms with Gasteiger partial charge in [-0.1, -0.05) is 35.6 Å². The smallest absolute Gasteiger partial charge is 0.410 e. The highest BCUT2D eigenvalue weighted by atomic mass is 32.1. The number of para-hydroxylation sites is 2. The van der Waals surface area contributed by atoms with Gasteiger partial charge in [-0.15, -0.1) is 0 Å². The number of rotatable bonds is 9. The summed E-state index contributed by atoms with van der Waals surface area (Å²) in [7, 11) is 0. The maximum atomic E-state index is 12.5. The van der Waals surface area contributed by atoms with Crippen molar-refractivity contribution in [3.05, 3.63) is 77.9 Å². The molecule has 10 nitrogen and oxygen atoms in total. The molecule has 1 aromatic heterocycles. The van der Waals surface area contributed by atoms with E-state index in [-0.39, 0.29) is 5.91 Å². The Kier molecular flexibility index (Phi) is 8.51. The van der Waals surface area contributed by atoms with E-state index < -0.39 is 6.09 Å². The first-order valence-electron chi connectivity index (χ1n) is 12.7. The lowest BCUT2D eigenvalue weighted by atomic mass is 10.1. The average molecular weight is 547 g/mol. The molecule has 2 amide bonds. The van der Waals surface area contributed by atoms with E-state index in [0.29, 0.717) is 35.8 Å². The number of aromatic nitrogens is 1. The van der Waals surface area contributed by atoms with Crippen molar-refractivity contribution < 1.29 is 19.1 Å². The molecule has 1 aliphatic rings. The lowest BCUT2D eigenvalue weighted by molar-refractivity contribution is 0.0385. The van der Waals surface area contributed by atoms with E-state index in [9.17, 15) is 9.59 Å². The summed E-state index contributed by atoms with van der Waals surface area (Å²) in [4.78, 5) is 31.6. The van der Waals surface area contributed by atoms with Gasteiger partial charge in [0.05, 0.1) is 34.8 Å². The van der Waals surface area contributed by atoms with Crippen molar-refractivity contribution in [2.24, 2.45) is 0 Å². The number of anilines is 3. The number of benzene rings is 3. The molecule has 0 spiro atoms. The van der Waals surface area contributed by atoms with E-state index >= 15 is 0 Å². The van der Waals surface area contributed by atoms with E-state index in [0.717, 1.165) is 53.8 Å². The summed E-state index contributed by atoms with van der Waals surface area (Å²) in [5.41, 5.74) is 9.37. The lowest BCUT2D eigenvalue weighted by Crippen LogP contribution is -2.41. The summed E-state index contributed by atoms with van der Waals surface area (Å²) >= 11 is 1.48. The molecule has 39 heavy (non-hydrogen) atoms. The Morgan fingerprint density at radius 2 is 1.85 bits per heavy atom. The normalized spacial score (nSPS) is 13.6. The van der Waals surface area contributed by atoms with Crippen LogP contribution in [0.1, 0.15) is 15.9 Å². The van der Waals surface area contributed by atoms with Crippen molar-refractivity contribution >= 4 is 50.1 Å². The maximum absolute atomic E-state index is 12.5. The Morgan fingerprint density at radius 1 is 1.05 bits per heavy atom. The second kappa shape index (κ2) is 12.6. The second-order valence-electron chi connectivity index (χ2n) is 9.01. The third kappa shape index (κ3) is 7.23. The van der Waals surface area contributed by atoms with Crippen LogP contribution in [-0.4, -0.2) is 61.3 Å². The zero-order valence-electron chi connectivity index (χ0n) is 21.3. The minimum Gasteiger partial charge on any atom is -0.410 e. The van der Waals surface area contributed by atoms with Crippen molar-refractivity contribution in [1.29, 1.82) is 0 Å². The molecule has 202 valence electrons. The van der Waals surface area contributed by atoms with Crippen molar-refractivity contribution in [3.63, 3.8) is 0 Å². The summed E-state index contributed by atoms with van der Waals surface area (Å²) in [5.74, 6) is 0.245. The average Bonchev–Trinajstić information content (AvgIpc) is 3.36. The summed E-state index contributed by atoms with van der Waals surface area (Å²) in [6.45, 7) is 5.04. The molecule has 2 heterocycles. The van der Waals surface area contributed by atoms with Gasteiger partial charge in [0.1, 0.15) is 5.75 Å². The number of nitrogens with two attached hydrogens (primary N) is 1. The van der Waals surface area contributed by atoms with E-state index in [1.807, 2.05) is 36.4 Å². The van der Waals surface area contributed by atoms with Gasteiger partial charge in [-0.3, -0.25) is 9.69 Å². The topological polar surface area (TPSA) is 131 Å². The molecule has 11 heteroatoms. The number of carbonyl (C=O) groups excluding carboxylic acids is 2. The fraction of sp³-hybridized carbons (Fsp3) is 0.250. The Bertz CT molecular complexity index is 1440. The largest absolute Gasteiger partial charge is 0.412 e. The van der Waals surface area contributed by atoms with Crippen molar-refractivity contribution in [2.45, 2.75) is 6.54 Å². The fourth-order valence-corrected chi connectivity index (χ4v) is 4.97. The minimum absolute atomic E-state index is 0.220. The van der Waals surface area contributed by atoms with E-state index in [1.54, 1.807) is 30.3 Å². The highest BCUT2D eigenvalue weighted by Gasteiger charge is 2.12. The molecular weight excluding hydrogens is 516 g/mol. The van der Waals surface area contributed by atoms with Crippen LogP contribution in [0.4, 0.5) is 21.3 Å². The maximum Gasteiger partial charge on any atom is 0.412 e. The lowest BCUT2D eigenvalue weighted by Gasteiger charge is -2.26. The number of amides is 2. The van der Waals surface area contributed by atoms with Crippen LogP contribution in [0, 0.1) is 0 Å². The SMILES string of the molecule is Nc1ccccc1NC(=O)c1ccc(CNc2nc3ccc(OC(=O)NCCN4CCOCC4)cc3s2)cc1. The van der Waals surface area contributed by atoms with Crippen LogP contribution in [0.15, 0.2) is 66.7 Å². The molecule has 5 N–H and O–H groups in total. The van der Waals surface area contributed by atoms with Crippen molar-refractivity contribution in [3.8, 4) is 5.75 Å². The van der Waals surface area contributed by atoms with Crippen LogP contribution in [0.5, 0.6) is 5.75 Å². The third-order valence-corrected chi connectivity index (χ3v) is 7.22. The molecule has 0 saturated carbocycles. The monoisotopic (exact) mass is 546 g/mol. The first-order valence-corrected chi connectivity index (χ1v) is 13.5. The van der Waals surface area contributed by atoms with E-state index in [2.05, 4.69) is 25.8 Å². The number of hydrogen-bond donors (Lipinski definition) is 4. The molecule has 0 radical (unpaired) electrons. The summed E-state index contributed by atoms with van der Waals surface area (Å²) < 4.78 is 11.7. The van der Waals surface area contributed by atoms with Gasteiger partial charge in [-0.2, -0.15) is 0 Å². The Hall–Kier alpha value is -4.19. The number of nitrogens with zero attached hydrogens (tertiary/aromatic N) is 2. The second-order valence-corrected chi connectivity index (χ2v) is 10.0. The van der Waals surface area contributed by atoms with Crippen molar-refractivity contribution in [1.82, 2.24) is 15.2 Å². The van der Waals surface area contributed by atoms with Crippen LogP contribution >= 0.6 is 11.3 Å². The van der Waals surface area contributed by atoms with Gasteiger partial charge < -0.3 is 31.2 Å². The third-order valence-electron chi connectivity index (χ3n) is 6.24. The fourth-order valence-electron chi connectivity index (χ4n) is 4.08. The minimum atomic E-state index is -0.477. The number of thiazole rings is 1. The zero-order chi connectivity index (χ0) is 27.0. The molecule has 1 aliphatic heterocycles. The first-order chi connectivity index (χ1) is 19.0. The number of nitrogens with one attached hydrogen (secondary N) is 3. The molecule has 0 unspecified atom stereocenters. The number of carbonyl (C=O) groups is 2. The molecular formula is C28H30N6O4S. The van der Waals surface area contributed by atoms with Crippen molar-refractivity contribution in [2.75, 3.05) is 55.8 Å². The molecule has 0 bridgehead atoms. The highest BCUT2D eigenvalue weighted by molar-refractivity contribution is 7.22. The van der Waals surface area contributed by atoms with E-state index in [1.165, 1.54) is 11.3 Å². The van der Waals surface area contributed by atoms with Gasteiger partial charge in [-0.05, 0) is 42.0 Å². The van der Waals surface area contributed by atoms with Crippen LogP contribution in [0.2, 0.25) is 0 Å². The highest BCUT2D eigenvalue weighted by Crippen LogP contribution is 2.29. The predicted octanol–water partition coefficient (Wildman–Crippen LogP) is 4.16. The number of morpholine rings is 1. The summed E-state index contributed by atoms with van der Waals surface area (Å²) in [6, 6.07) is 19.9. The molecule has 0 atom stereocenters. The van der Waals surface area contributed by atoms with E-state index in [4.69, 9.17) is 15.2 Å². The standard InChI is InChI=1S/C28H30N6O4S/c29-22-3-1-2-4-23(22)32-26(35)20-7-5-19(6-8-20)18-31-27-33-24-10-9-21(17-25(24)39-27)38-28(36)30-11-12-34-13-15-37-16-14-34/h1-10,17H,11-16,18,29H2,(H,30,36)(H,31,33)(H,32,35). The predicted molar refractivity (Wildman–Crippen MR) is 153 cm³/mol. The molecule has 5 rings (SSSR count). The van der Waals surface area contributed by atoms with Gasteiger partial charge in [0.15, 0.2) is 5.13 Å². The molecule has 0 aliphatic carbocycles. The van der Waals surface area contributed by atoms with Crippen LogP contribution < -0.4 is 26.4 Å².